The SMILES string of the molecule is [B]OC(=O)[C@@]1(N2CCN(N)C2=O)CN2C(=O)[C@@H](CC(=O)/C(=N\OC(C)(C)C(=O)CCCCC)c3csc(C)n3)[C@H]2S1. The van der Waals surface area contributed by atoms with E-state index in [2.05, 4.69) is 14.8 Å². The minimum Gasteiger partial charge on any atom is -0.541 e. The average molecular weight is 605 g/mol. The third-order valence-corrected chi connectivity index (χ3v) is 9.93. The molecule has 3 amide bonds. The van der Waals surface area contributed by atoms with Gasteiger partial charge in [-0.3, -0.25) is 29.1 Å². The number of fused-ring (bicyclic) bond motifs is 1. The van der Waals surface area contributed by atoms with Crippen molar-refractivity contribution in [3.63, 3.8) is 0 Å². The van der Waals surface area contributed by atoms with Gasteiger partial charge in [0.15, 0.2) is 22.9 Å². The predicted octanol–water partition coefficient (Wildman–Crippen LogP) is 1.53. The first-order chi connectivity index (χ1) is 19.4. The van der Waals surface area contributed by atoms with Crippen LogP contribution in [0.5, 0.6) is 0 Å². The molecule has 0 unspecified atom stereocenters. The van der Waals surface area contributed by atoms with Crippen molar-refractivity contribution in [3.8, 4) is 0 Å². The highest BCUT2D eigenvalue weighted by Gasteiger charge is 2.66. The minimum absolute atomic E-state index is 0.0980. The summed E-state index contributed by atoms with van der Waals surface area (Å²) < 4.78 is 4.53. The number of carbonyl (C=O) groups excluding carboxylic acids is 5. The van der Waals surface area contributed by atoms with Crippen LogP contribution in [0.4, 0.5) is 4.79 Å². The van der Waals surface area contributed by atoms with Gasteiger partial charge in [0.05, 0.1) is 29.4 Å². The lowest BCUT2D eigenvalue weighted by Gasteiger charge is -2.40. The van der Waals surface area contributed by atoms with E-state index >= 15 is 0 Å². The van der Waals surface area contributed by atoms with Gasteiger partial charge in [0.25, 0.3) is 0 Å². The van der Waals surface area contributed by atoms with Crippen LogP contribution >= 0.6 is 23.1 Å². The maximum atomic E-state index is 13.6. The van der Waals surface area contributed by atoms with Crippen molar-refractivity contribution in [1.82, 2.24) is 19.8 Å². The number of rotatable bonds is 13. The van der Waals surface area contributed by atoms with Gasteiger partial charge in [-0.15, -0.1) is 11.3 Å². The summed E-state index contributed by atoms with van der Waals surface area (Å²) >= 11 is 2.35. The smallest absolute Gasteiger partial charge is 0.378 e. The highest BCUT2D eigenvalue weighted by molar-refractivity contribution is 8.02. The van der Waals surface area contributed by atoms with Gasteiger partial charge < -0.3 is 14.4 Å². The molecular formula is C25H33BN6O7S2. The highest BCUT2D eigenvalue weighted by Crippen LogP contribution is 2.53. The first-order valence-electron chi connectivity index (χ1n) is 13.3. The highest BCUT2D eigenvalue weighted by atomic mass is 32.2. The number of hydrogen-bond acceptors (Lipinski definition) is 12. The standard InChI is InChI=1S/C25H33BN6O7S2/c1-5-6-7-8-18(34)24(3,4)39-29-19(16-12-40-14(2)28-16)17(33)11-15-20(35)30-13-25(22(36)38-26,41-21(15)30)31-9-10-32(27)23(31)37/h12,15,21H,5-11,13,27H2,1-4H3/b29-19-/t15-,21-,25-/m1/s1. The molecule has 3 atom stereocenters. The summed E-state index contributed by atoms with van der Waals surface area (Å²) in [6.45, 7) is 7.19. The molecule has 4 heterocycles. The number of amides is 3. The van der Waals surface area contributed by atoms with Crippen LogP contribution in [0.1, 0.15) is 63.6 Å². The van der Waals surface area contributed by atoms with Gasteiger partial charge >= 0.3 is 20.0 Å². The summed E-state index contributed by atoms with van der Waals surface area (Å²) in [6.07, 6.45) is 2.70. The molecule has 0 bridgehead atoms. The molecule has 41 heavy (non-hydrogen) atoms. The molecular weight excluding hydrogens is 571 g/mol. The molecule has 1 aromatic heterocycles. The number of urea groups is 1. The zero-order valence-electron chi connectivity index (χ0n) is 23.5. The molecule has 0 aromatic carbocycles. The number of hydrogen-bond donors (Lipinski definition) is 1. The van der Waals surface area contributed by atoms with E-state index in [0.29, 0.717) is 11.4 Å². The minimum atomic E-state index is -1.59. The van der Waals surface area contributed by atoms with Gasteiger partial charge in [-0.25, -0.2) is 15.6 Å². The van der Waals surface area contributed by atoms with E-state index in [0.717, 1.165) is 36.0 Å². The van der Waals surface area contributed by atoms with Crippen LogP contribution in [0.25, 0.3) is 0 Å². The fourth-order valence-corrected chi connectivity index (χ4v) is 7.31. The van der Waals surface area contributed by atoms with Crippen molar-refractivity contribution in [2.24, 2.45) is 16.9 Å². The van der Waals surface area contributed by atoms with Gasteiger partial charge in [0.2, 0.25) is 10.8 Å². The normalized spacial score (nSPS) is 24.4. The number of ketones is 2. The Hall–Kier alpha value is -2.98. The number of aryl methyl sites for hydroxylation is 1. The number of β-lactam (4-membered cyclic amide) rings is 1. The van der Waals surface area contributed by atoms with Crippen molar-refractivity contribution < 1.29 is 33.5 Å². The topological polar surface area (TPSA) is 165 Å². The predicted molar refractivity (Wildman–Crippen MR) is 151 cm³/mol. The molecule has 0 aliphatic carbocycles. The Morgan fingerprint density at radius 1 is 1.27 bits per heavy atom. The summed E-state index contributed by atoms with van der Waals surface area (Å²) in [5.74, 6) is 3.01. The van der Waals surface area contributed by atoms with Crippen molar-refractivity contribution in [2.45, 2.75) is 75.6 Å². The third-order valence-electron chi connectivity index (χ3n) is 7.43. The average Bonchev–Trinajstić information content (AvgIpc) is 3.63. The quantitative estimate of drug-likeness (QED) is 0.0664. The van der Waals surface area contributed by atoms with E-state index in [1.165, 1.54) is 21.1 Å². The Labute approximate surface area is 247 Å². The number of aromatic nitrogens is 1. The number of Topliss-reactive ketones (excluding diaryl/α,β-unsaturated/α-hetero) is 2. The summed E-state index contributed by atoms with van der Waals surface area (Å²) in [5, 5.41) is 6.83. The summed E-state index contributed by atoms with van der Waals surface area (Å²) in [6, 6.07) is -0.595. The van der Waals surface area contributed by atoms with E-state index in [1.807, 2.05) is 6.92 Å². The second-order valence-electron chi connectivity index (χ2n) is 10.7. The van der Waals surface area contributed by atoms with Crippen molar-refractivity contribution in [2.75, 3.05) is 19.6 Å². The number of thioether (sulfide) groups is 1. The zero-order chi connectivity index (χ0) is 30.1. The fraction of sp³-hybridized carbons (Fsp3) is 0.640. The Morgan fingerprint density at radius 3 is 2.59 bits per heavy atom. The first kappa shape index (κ1) is 31.0. The first-order valence-corrected chi connectivity index (χ1v) is 15.1. The third kappa shape index (κ3) is 5.86. The Bertz CT molecular complexity index is 1270. The second kappa shape index (κ2) is 12.1. The number of nitrogens with two attached hydrogens (primary N) is 1. The number of hydrazine groups is 1. The zero-order valence-corrected chi connectivity index (χ0v) is 25.1. The molecule has 0 spiro atoms. The molecule has 3 fully saturated rings. The fourth-order valence-electron chi connectivity index (χ4n) is 4.97. The van der Waals surface area contributed by atoms with Gasteiger partial charge in [0, 0.05) is 24.8 Å². The lowest BCUT2D eigenvalue weighted by atomic mass is 9.90. The van der Waals surface area contributed by atoms with Crippen LogP contribution in [0.3, 0.4) is 0 Å². The number of unbranched alkanes of at least 4 members (excludes halogenated alkanes) is 2. The molecule has 3 saturated heterocycles. The maximum Gasteiger partial charge on any atom is 0.378 e. The molecule has 1 aromatic rings. The van der Waals surface area contributed by atoms with Crippen LogP contribution in [-0.2, 0) is 28.7 Å². The van der Waals surface area contributed by atoms with E-state index in [4.69, 9.17) is 18.7 Å². The lowest BCUT2D eigenvalue weighted by Crippen LogP contribution is -2.60. The largest absolute Gasteiger partial charge is 0.541 e. The van der Waals surface area contributed by atoms with Crippen LogP contribution < -0.4 is 5.84 Å². The number of nitrogens with zero attached hydrogens (tertiary/aromatic N) is 5. The number of oxime groups is 1. The van der Waals surface area contributed by atoms with Crippen LogP contribution in [0.15, 0.2) is 10.5 Å². The lowest BCUT2D eigenvalue weighted by molar-refractivity contribution is -0.153. The van der Waals surface area contributed by atoms with Gasteiger partial charge in [-0.2, -0.15) is 0 Å². The number of carbonyl (C=O) groups is 5. The van der Waals surface area contributed by atoms with Gasteiger partial charge in [0.1, 0.15) is 5.69 Å². The van der Waals surface area contributed by atoms with Crippen molar-refractivity contribution >= 4 is 66.3 Å². The van der Waals surface area contributed by atoms with E-state index in [1.54, 1.807) is 26.2 Å². The van der Waals surface area contributed by atoms with E-state index in [9.17, 15) is 24.0 Å². The summed E-state index contributed by atoms with van der Waals surface area (Å²) in [7, 11) is 5.21. The van der Waals surface area contributed by atoms with Crippen molar-refractivity contribution in [1.29, 1.82) is 0 Å². The molecule has 220 valence electrons. The summed E-state index contributed by atoms with van der Waals surface area (Å²) in [5.41, 5.74) is -1.09. The summed E-state index contributed by atoms with van der Waals surface area (Å²) in [4.78, 5) is 76.0. The molecule has 16 heteroatoms. The van der Waals surface area contributed by atoms with Gasteiger partial charge in [-0.05, 0) is 27.2 Å². The van der Waals surface area contributed by atoms with Crippen LogP contribution in [0, 0.1) is 12.8 Å². The van der Waals surface area contributed by atoms with Crippen LogP contribution in [-0.4, -0.2) is 98.5 Å². The van der Waals surface area contributed by atoms with Gasteiger partial charge in [-0.1, -0.05) is 36.7 Å². The van der Waals surface area contributed by atoms with E-state index < -0.39 is 39.5 Å². The molecule has 13 nitrogen and oxygen atoms in total. The van der Waals surface area contributed by atoms with Crippen molar-refractivity contribution in [3.05, 3.63) is 16.1 Å². The van der Waals surface area contributed by atoms with Crippen LogP contribution in [0.2, 0.25) is 0 Å². The second-order valence-corrected chi connectivity index (χ2v) is 13.2. The number of thiazole rings is 1. The molecule has 2 radical (unpaired) electrons. The Balaban J connectivity index is 1.53. The molecule has 2 N–H and O–H groups in total. The van der Waals surface area contributed by atoms with E-state index in [-0.39, 0.29) is 49.2 Å². The maximum absolute atomic E-state index is 13.6. The molecule has 0 saturated carbocycles. The molecule has 3 aliphatic heterocycles. The Morgan fingerprint density at radius 2 is 2.00 bits per heavy atom. The monoisotopic (exact) mass is 604 g/mol. The Kier molecular flexibility index (Phi) is 9.14. The molecule has 4 rings (SSSR count). The molecule has 3 aliphatic rings.